The Balaban J connectivity index is 2.93. The molecule has 0 fully saturated rings. The molecule has 0 spiro atoms. The molecular weight excluding hydrogens is 170 g/mol. The van der Waals surface area contributed by atoms with E-state index in [4.69, 9.17) is 5.26 Å². The fraction of sp³-hybridized carbons (Fsp3) is 0.308. The second-order valence-electron chi connectivity index (χ2n) is 3.38. The Kier molecular flexibility index (Phi) is 3.94. The molecule has 0 aliphatic heterocycles. The summed E-state index contributed by atoms with van der Waals surface area (Å²) >= 11 is 0. The maximum atomic E-state index is 8.82. The minimum Gasteiger partial charge on any atom is -0.192 e. The van der Waals surface area contributed by atoms with E-state index in [1.54, 1.807) is 6.08 Å². The summed E-state index contributed by atoms with van der Waals surface area (Å²) in [5, 5.41) is 8.82. The summed E-state index contributed by atoms with van der Waals surface area (Å²) in [4.78, 5) is 0. The summed E-state index contributed by atoms with van der Waals surface area (Å²) in [6.45, 7) is 5.89. The monoisotopic (exact) mass is 185 g/mol. The van der Waals surface area contributed by atoms with Crippen molar-refractivity contribution in [2.45, 2.75) is 26.2 Å². The molecule has 14 heavy (non-hydrogen) atoms. The zero-order chi connectivity index (χ0) is 10.4. The van der Waals surface area contributed by atoms with Crippen LogP contribution in [0.5, 0.6) is 0 Å². The molecule has 1 heteroatoms. The van der Waals surface area contributed by atoms with Crippen LogP contribution in [-0.4, -0.2) is 0 Å². The van der Waals surface area contributed by atoms with E-state index in [0.717, 1.165) is 17.5 Å². The van der Waals surface area contributed by atoms with E-state index in [-0.39, 0.29) is 0 Å². The van der Waals surface area contributed by atoms with Crippen LogP contribution < -0.4 is 0 Å². The minimum atomic E-state index is 0.730. The maximum absolute atomic E-state index is 8.82. The molecule has 0 amide bonds. The van der Waals surface area contributed by atoms with Gasteiger partial charge in [-0.25, -0.2) is 0 Å². The SMILES string of the molecule is C=Cc1cc(C#N)cc(CCCC)c1. The van der Waals surface area contributed by atoms with Gasteiger partial charge in [-0.2, -0.15) is 5.26 Å². The van der Waals surface area contributed by atoms with E-state index in [2.05, 4.69) is 25.6 Å². The van der Waals surface area contributed by atoms with Gasteiger partial charge < -0.3 is 0 Å². The Morgan fingerprint density at radius 3 is 2.79 bits per heavy atom. The number of unbranched alkanes of at least 4 members (excludes halogenated alkanes) is 1. The van der Waals surface area contributed by atoms with E-state index >= 15 is 0 Å². The highest BCUT2D eigenvalue weighted by Gasteiger charge is 1.98. The van der Waals surface area contributed by atoms with E-state index in [0.29, 0.717) is 0 Å². The first-order chi connectivity index (χ1) is 6.80. The van der Waals surface area contributed by atoms with E-state index in [1.807, 2.05) is 12.1 Å². The third-order valence-corrected chi connectivity index (χ3v) is 2.20. The lowest BCUT2D eigenvalue weighted by Gasteiger charge is -2.02. The molecule has 0 heterocycles. The lowest BCUT2D eigenvalue weighted by atomic mass is 10.0. The van der Waals surface area contributed by atoms with Gasteiger partial charge in [0.15, 0.2) is 0 Å². The van der Waals surface area contributed by atoms with Gasteiger partial charge in [0.25, 0.3) is 0 Å². The van der Waals surface area contributed by atoms with E-state index in [1.165, 1.54) is 18.4 Å². The summed E-state index contributed by atoms with van der Waals surface area (Å²) in [6, 6.07) is 8.10. The number of benzene rings is 1. The van der Waals surface area contributed by atoms with Crippen LogP contribution in [0.4, 0.5) is 0 Å². The topological polar surface area (TPSA) is 23.8 Å². The number of rotatable bonds is 4. The minimum absolute atomic E-state index is 0.730. The van der Waals surface area contributed by atoms with Crippen LogP contribution in [0.2, 0.25) is 0 Å². The van der Waals surface area contributed by atoms with Crippen molar-refractivity contribution in [3.8, 4) is 6.07 Å². The Bertz CT molecular complexity index is 358. The Morgan fingerprint density at radius 2 is 2.21 bits per heavy atom. The summed E-state index contributed by atoms with van der Waals surface area (Å²) in [5.41, 5.74) is 3.00. The molecular formula is C13H15N. The summed E-state index contributed by atoms with van der Waals surface area (Å²) in [7, 11) is 0. The van der Waals surface area contributed by atoms with E-state index < -0.39 is 0 Å². The van der Waals surface area contributed by atoms with Crippen LogP contribution in [0.1, 0.15) is 36.5 Å². The molecule has 0 aliphatic carbocycles. The molecule has 0 unspecified atom stereocenters. The lowest BCUT2D eigenvalue weighted by Crippen LogP contribution is -1.88. The van der Waals surface area contributed by atoms with Crippen molar-refractivity contribution in [1.82, 2.24) is 0 Å². The van der Waals surface area contributed by atoms with Gasteiger partial charge >= 0.3 is 0 Å². The van der Waals surface area contributed by atoms with Crippen LogP contribution in [0.15, 0.2) is 24.8 Å². The van der Waals surface area contributed by atoms with Gasteiger partial charge in [0.2, 0.25) is 0 Å². The summed E-state index contributed by atoms with van der Waals surface area (Å²) in [5.74, 6) is 0. The van der Waals surface area contributed by atoms with E-state index in [9.17, 15) is 0 Å². The number of hydrogen-bond donors (Lipinski definition) is 0. The smallest absolute Gasteiger partial charge is 0.0991 e. The highest BCUT2D eigenvalue weighted by molar-refractivity contribution is 5.52. The average Bonchev–Trinajstić information content (AvgIpc) is 2.25. The maximum Gasteiger partial charge on any atom is 0.0991 e. The molecule has 0 saturated carbocycles. The Morgan fingerprint density at radius 1 is 1.43 bits per heavy atom. The normalized spacial score (nSPS) is 9.43. The fourth-order valence-electron chi connectivity index (χ4n) is 1.43. The van der Waals surface area contributed by atoms with Gasteiger partial charge in [-0.05, 0) is 36.1 Å². The molecule has 0 N–H and O–H groups in total. The molecule has 1 aromatic carbocycles. The van der Waals surface area contributed by atoms with Crippen LogP contribution in [0.25, 0.3) is 6.08 Å². The molecule has 0 saturated heterocycles. The predicted molar refractivity (Wildman–Crippen MR) is 59.9 cm³/mol. The Labute approximate surface area is 85.7 Å². The molecule has 1 nitrogen and oxygen atoms in total. The molecule has 0 radical (unpaired) electrons. The molecule has 72 valence electrons. The van der Waals surface area contributed by atoms with Crippen molar-refractivity contribution in [3.05, 3.63) is 41.5 Å². The first-order valence-corrected chi connectivity index (χ1v) is 4.96. The van der Waals surface area contributed by atoms with Crippen molar-refractivity contribution in [1.29, 1.82) is 5.26 Å². The Hall–Kier alpha value is -1.55. The zero-order valence-corrected chi connectivity index (χ0v) is 8.59. The lowest BCUT2D eigenvalue weighted by molar-refractivity contribution is 0.795. The van der Waals surface area contributed by atoms with Crippen molar-refractivity contribution < 1.29 is 0 Å². The standard InChI is InChI=1S/C13H15N/c1-3-5-6-12-7-11(4-2)8-13(9-12)10-14/h4,7-9H,2-3,5-6H2,1H3. The number of nitrogens with zero attached hydrogens (tertiary/aromatic N) is 1. The fourth-order valence-corrected chi connectivity index (χ4v) is 1.43. The highest BCUT2D eigenvalue weighted by Crippen LogP contribution is 2.13. The van der Waals surface area contributed by atoms with Crippen molar-refractivity contribution in [2.24, 2.45) is 0 Å². The van der Waals surface area contributed by atoms with Gasteiger partial charge in [-0.3, -0.25) is 0 Å². The predicted octanol–water partition coefficient (Wildman–Crippen LogP) is 3.54. The molecule has 0 aromatic heterocycles. The number of hydrogen-bond acceptors (Lipinski definition) is 1. The second kappa shape index (κ2) is 5.24. The largest absolute Gasteiger partial charge is 0.192 e. The molecule has 0 bridgehead atoms. The third-order valence-electron chi connectivity index (χ3n) is 2.20. The van der Waals surface area contributed by atoms with Crippen LogP contribution >= 0.6 is 0 Å². The van der Waals surface area contributed by atoms with Gasteiger partial charge in [0, 0.05) is 0 Å². The molecule has 1 aromatic rings. The van der Waals surface area contributed by atoms with Crippen LogP contribution in [-0.2, 0) is 6.42 Å². The third kappa shape index (κ3) is 2.74. The van der Waals surface area contributed by atoms with Crippen molar-refractivity contribution in [2.75, 3.05) is 0 Å². The first-order valence-electron chi connectivity index (χ1n) is 4.96. The molecule has 1 rings (SSSR count). The van der Waals surface area contributed by atoms with Gasteiger partial charge in [-0.1, -0.05) is 32.1 Å². The highest BCUT2D eigenvalue weighted by atomic mass is 14.2. The van der Waals surface area contributed by atoms with Crippen LogP contribution in [0.3, 0.4) is 0 Å². The molecule has 0 aliphatic rings. The van der Waals surface area contributed by atoms with Gasteiger partial charge in [0.1, 0.15) is 0 Å². The van der Waals surface area contributed by atoms with Crippen molar-refractivity contribution >= 4 is 6.08 Å². The number of aryl methyl sites for hydroxylation is 1. The zero-order valence-electron chi connectivity index (χ0n) is 8.59. The number of nitriles is 1. The summed E-state index contributed by atoms with van der Waals surface area (Å²) < 4.78 is 0. The van der Waals surface area contributed by atoms with Gasteiger partial charge in [-0.15, -0.1) is 0 Å². The van der Waals surface area contributed by atoms with Gasteiger partial charge in [0.05, 0.1) is 11.6 Å². The second-order valence-corrected chi connectivity index (χ2v) is 3.38. The molecule has 0 atom stereocenters. The average molecular weight is 185 g/mol. The van der Waals surface area contributed by atoms with Crippen LogP contribution in [0, 0.1) is 11.3 Å². The first kappa shape index (κ1) is 10.5. The van der Waals surface area contributed by atoms with Crippen molar-refractivity contribution in [3.63, 3.8) is 0 Å². The quantitative estimate of drug-likeness (QED) is 0.703. The summed E-state index contributed by atoms with van der Waals surface area (Å²) in [6.07, 6.45) is 5.19.